The second-order valence-electron chi connectivity index (χ2n) is 5.22. The molecule has 1 amide bonds. The average molecular weight is 258 g/mol. The van der Waals surface area contributed by atoms with Gasteiger partial charge in [-0.1, -0.05) is 13.8 Å². The second kappa shape index (κ2) is 6.15. The zero-order chi connectivity index (χ0) is 13.8. The molecule has 18 heavy (non-hydrogen) atoms. The van der Waals surface area contributed by atoms with Crippen molar-refractivity contribution in [2.45, 2.75) is 44.7 Å². The van der Waals surface area contributed by atoms with Crippen molar-refractivity contribution in [1.29, 1.82) is 0 Å². The first kappa shape index (κ1) is 14.9. The lowest BCUT2D eigenvalue weighted by Crippen LogP contribution is -2.60. The van der Waals surface area contributed by atoms with E-state index in [-0.39, 0.29) is 12.8 Å². The summed E-state index contributed by atoms with van der Waals surface area (Å²) in [5.74, 6) is -1.12. The molecule has 0 radical (unpaired) electrons. The third kappa shape index (κ3) is 3.68. The van der Waals surface area contributed by atoms with Crippen molar-refractivity contribution >= 4 is 11.9 Å². The van der Waals surface area contributed by atoms with Crippen molar-refractivity contribution < 1.29 is 19.4 Å². The third-order valence-electron chi connectivity index (χ3n) is 3.18. The van der Waals surface area contributed by atoms with Gasteiger partial charge in [0, 0.05) is 26.1 Å². The minimum Gasteiger partial charge on any atom is -0.480 e. The molecule has 0 aromatic carbocycles. The summed E-state index contributed by atoms with van der Waals surface area (Å²) in [7, 11) is 0. The molecule has 6 heteroatoms. The van der Waals surface area contributed by atoms with Gasteiger partial charge in [0.25, 0.3) is 0 Å². The summed E-state index contributed by atoms with van der Waals surface area (Å²) < 4.78 is 5.14. The van der Waals surface area contributed by atoms with Crippen LogP contribution >= 0.6 is 0 Å². The van der Waals surface area contributed by atoms with Gasteiger partial charge in [-0.25, -0.2) is 4.79 Å². The van der Waals surface area contributed by atoms with Crippen LogP contribution in [0.1, 0.15) is 33.1 Å². The maximum atomic E-state index is 11.9. The number of nitrogens with two attached hydrogens (primary N) is 1. The zero-order valence-corrected chi connectivity index (χ0v) is 10.9. The normalized spacial score (nSPS) is 20.4. The minimum atomic E-state index is -1.22. The fourth-order valence-corrected chi connectivity index (χ4v) is 2.06. The highest BCUT2D eigenvalue weighted by atomic mass is 16.5. The molecule has 0 aromatic heterocycles. The number of hydrogen-bond acceptors (Lipinski definition) is 4. The van der Waals surface area contributed by atoms with E-state index < -0.39 is 23.5 Å². The van der Waals surface area contributed by atoms with E-state index in [4.69, 9.17) is 10.5 Å². The van der Waals surface area contributed by atoms with Crippen LogP contribution in [0.5, 0.6) is 0 Å². The Morgan fingerprint density at radius 1 is 1.39 bits per heavy atom. The molecule has 1 fully saturated rings. The average Bonchev–Trinajstić information content (AvgIpc) is 2.29. The fraction of sp³-hybridized carbons (Fsp3) is 0.833. The van der Waals surface area contributed by atoms with Crippen LogP contribution in [-0.2, 0) is 14.3 Å². The molecule has 1 saturated heterocycles. The number of aliphatic carboxylic acids is 1. The van der Waals surface area contributed by atoms with Crippen LogP contribution in [0, 0.1) is 5.92 Å². The number of hydrogen-bond donors (Lipinski definition) is 3. The summed E-state index contributed by atoms with van der Waals surface area (Å²) in [4.78, 5) is 23.3. The molecule has 0 spiro atoms. The molecule has 1 aliphatic rings. The van der Waals surface area contributed by atoms with Gasteiger partial charge in [-0.2, -0.15) is 0 Å². The van der Waals surface area contributed by atoms with Crippen LogP contribution in [0.4, 0.5) is 0 Å². The van der Waals surface area contributed by atoms with Gasteiger partial charge >= 0.3 is 5.97 Å². The molecule has 1 rings (SSSR count). The molecule has 6 nitrogen and oxygen atoms in total. The molecular weight excluding hydrogens is 236 g/mol. The highest BCUT2D eigenvalue weighted by molar-refractivity contribution is 5.89. The number of rotatable bonds is 5. The molecule has 0 aromatic rings. The Kier molecular flexibility index (Phi) is 5.10. The molecule has 1 atom stereocenters. The van der Waals surface area contributed by atoms with Gasteiger partial charge in [-0.05, 0) is 12.3 Å². The van der Waals surface area contributed by atoms with E-state index >= 15 is 0 Å². The van der Waals surface area contributed by atoms with Crippen molar-refractivity contribution in [3.8, 4) is 0 Å². The van der Waals surface area contributed by atoms with E-state index in [0.29, 0.717) is 25.6 Å². The van der Waals surface area contributed by atoms with Crippen LogP contribution < -0.4 is 11.1 Å². The first-order chi connectivity index (χ1) is 8.37. The van der Waals surface area contributed by atoms with E-state index in [1.54, 1.807) is 0 Å². The van der Waals surface area contributed by atoms with Crippen LogP contribution in [0.15, 0.2) is 0 Å². The highest BCUT2D eigenvalue weighted by Crippen LogP contribution is 2.21. The summed E-state index contributed by atoms with van der Waals surface area (Å²) in [5.41, 5.74) is 4.54. The molecule has 0 bridgehead atoms. The molecule has 0 aliphatic carbocycles. The molecule has 0 saturated carbocycles. The summed E-state index contributed by atoms with van der Waals surface area (Å²) >= 11 is 0. The summed E-state index contributed by atoms with van der Waals surface area (Å²) in [6.45, 7) is 4.61. The number of carbonyl (C=O) groups is 2. The number of carboxylic acid groups (broad SMARTS) is 1. The topological polar surface area (TPSA) is 102 Å². The van der Waals surface area contributed by atoms with Crippen molar-refractivity contribution in [3.63, 3.8) is 0 Å². The van der Waals surface area contributed by atoms with Crippen LogP contribution in [0.2, 0.25) is 0 Å². The van der Waals surface area contributed by atoms with Gasteiger partial charge in [-0.15, -0.1) is 0 Å². The van der Waals surface area contributed by atoms with E-state index in [0.717, 1.165) is 0 Å². The van der Waals surface area contributed by atoms with Crippen molar-refractivity contribution in [3.05, 3.63) is 0 Å². The lowest BCUT2D eigenvalue weighted by atomic mass is 9.89. The standard InChI is InChI=1S/C12H22N2O4/c1-8(2)7-9(13)10(15)14-12(11(16)17)3-5-18-6-4-12/h8-9H,3-7,13H2,1-2H3,(H,14,15)(H,16,17)/t9-/m1/s1. The van der Waals surface area contributed by atoms with Gasteiger partial charge in [0.15, 0.2) is 0 Å². The Morgan fingerprint density at radius 2 is 1.94 bits per heavy atom. The smallest absolute Gasteiger partial charge is 0.329 e. The van der Waals surface area contributed by atoms with Gasteiger partial charge in [0.1, 0.15) is 5.54 Å². The number of nitrogens with one attached hydrogen (secondary N) is 1. The maximum absolute atomic E-state index is 11.9. The van der Waals surface area contributed by atoms with Crippen LogP contribution in [-0.4, -0.2) is 41.8 Å². The van der Waals surface area contributed by atoms with Crippen molar-refractivity contribution in [2.75, 3.05) is 13.2 Å². The van der Waals surface area contributed by atoms with Gasteiger partial charge in [0.2, 0.25) is 5.91 Å². The van der Waals surface area contributed by atoms with E-state index in [2.05, 4.69) is 5.32 Å². The molecule has 1 aliphatic heterocycles. The largest absolute Gasteiger partial charge is 0.480 e. The van der Waals surface area contributed by atoms with Crippen molar-refractivity contribution in [2.24, 2.45) is 11.7 Å². The fourth-order valence-electron chi connectivity index (χ4n) is 2.06. The lowest BCUT2D eigenvalue weighted by molar-refractivity contribution is -0.152. The molecule has 0 unspecified atom stereocenters. The van der Waals surface area contributed by atoms with E-state index in [1.807, 2.05) is 13.8 Å². The van der Waals surface area contributed by atoms with Crippen molar-refractivity contribution in [1.82, 2.24) is 5.32 Å². The molecule has 1 heterocycles. The summed E-state index contributed by atoms with van der Waals surface area (Å²) in [6.07, 6.45) is 1.10. The van der Waals surface area contributed by atoms with Gasteiger partial charge < -0.3 is 20.9 Å². The third-order valence-corrected chi connectivity index (χ3v) is 3.18. The molecule has 104 valence electrons. The van der Waals surface area contributed by atoms with Gasteiger partial charge in [0.05, 0.1) is 6.04 Å². The quantitative estimate of drug-likeness (QED) is 0.649. The second-order valence-corrected chi connectivity index (χ2v) is 5.22. The van der Waals surface area contributed by atoms with Gasteiger partial charge in [-0.3, -0.25) is 4.79 Å². The molecule has 4 N–H and O–H groups in total. The number of ether oxygens (including phenoxy) is 1. The SMILES string of the molecule is CC(C)C[C@@H](N)C(=O)NC1(C(=O)O)CCOCC1. The first-order valence-electron chi connectivity index (χ1n) is 6.26. The summed E-state index contributed by atoms with van der Waals surface area (Å²) in [6, 6.07) is -0.663. The predicted molar refractivity (Wildman–Crippen MR) is 66.0 cm³/mol. The minimum absolute atomic E-state index is 0.280. The number of amides is 1. The Labute approximate surface area is 107 Å². The monoisotopic (exact) mass is 258 g/mol. The van der Waals surface area contributed by atoms with E-state index in [1.165, 1.54) is 0 Å². The maximum Gasteiger partial charge on any atom is 0.329 e. The Balaban J connectivity index is 2.66. The number of carbonyl (C=O) groups excluding carboxylic acids is 1. The molecular formula is C12H22N2O4. The number of carboxylic acids is 1. The highest BCUT2D eigenvalue weighted by Gasteiger charge is 2.42. The Bertz CT molecular complexity index is 311. The first-order valence-corrected chi connectivity index (χ1v) is 6.26. The lowest BCUT2D eigenvalue weighted by Gasteiger charge is -2.34. The summed E-state index contributed by atoms with van der Waals surface area (Å²) in [5, 5.41) is 11.9. The van der Waals surface area contributed by atoms with Crippen LogP contribution in [0.25, 0.3) is 0 Å². The predicted octanol–water partition coefficient (Wildman–Crippen LogP) is 0.110. The Hall–Kier alpha value is -1.14. The van der Waals surface area contributed by atoms with E-state index in [9.17, 15) is 14.7 Å². The van der Waals surface area contributed by atoms with Crippen LogP contribution in [0.3, 0.4) is 0 Å². The Morgan fingerprint density at radius 3 is 2.39 bits per heavy atom. The zero-order valence-electron chi connectivity index (χ0n) is 10.9.